The summed E-state index contributed by atoms with van der Waals surface area (Å²) in [6, 6.07) is 3.68. The molecule has 2 aromatic heterocycles. The zero-order valence-electron chi connectivity index (χ0n) is 12.2. The summed E-state index contributed by atoms with van der Waals surface area (Å²) in [4.78, 5) is 8.55. The Balaban J connectivity index is 2.19. The molecule has 0 bridgehead atoms. The van der Waals surface area contributed by atoms with Crippen molar-refractivity contribution in [3.8, 4) is 11.5 Å². The third-order valence-corrected chi connectivity index (χ3v) is 3.14. The summed E-state index contributed by atoms with van der Waals surface area (Å²) in [5.74, 6) is 1.80. The first-order valence-corrected chi connectivity index (χ1v) is 6.38. The molecule has 2 rings (SSSR count). The van der Waals surface area contributed by atoms with Gasteiger partial charge in [-0.2, -0.15) is 0 Å². The SMILES string of the molecule is COc1c(C)cnc(COc2ccc(C)nc2N)c1C. The van der Waals surface area contributed by atoms with Crippen LogP contribution in [0.4, 0.5) is 5.82 Å². The average Bonchev–Trinajstić information content (AvgIpc) is 2.40. The third kappa shape index (κ3) is 2.82. The predicted molar refractivity (Wildman–Crippen MR) is 78.0 cm³/mol. The topological polar surface area (TPSA) is 70.3 Å². The minimum absolute atomic E-state index is 0.331. The van der Waals surface area contributed by atoms with Gasteiger partial charge in [-0.3, -0.25) is 4.98 Å². The van der Waals surface area contributed by atoms with Gasteiger partial charge in [-0.1, -0.05) is 0 Å². The Morgan fingerprint density at radius 1 is 1.20 bits per heavy atom. The van der Waals surface area contributed by atoms with Crippen LogP contribution in [0.3, 0.4) is 0 Å². The van der Waals surface area contributed by atoms with Crippen molar-refractivity contribution in [3.63, 3.8) is 0 Å². The summed E-state index contributed by atoms with van der Waals surface area (Å²) < 4.78 is 11.1. The Bertz CT molecular complexity index is 627. The fourth-order valence-electron chi connectivity index (χ4n) is 2.05. The Morgan fingerprint density at radius 2 is 1.95 bits per heavy atom. The largest absolute Gasteiger partial charge is 0.496 e. The molecule has 2 heterocycles. The smallest absolute Gasteiger partial charge is 0.166 e. The van der Waals surface area contributed by atoms with Crippen LogP contribution in [0.25, 0.3) is 0 Å². The molecule has 0 aliphatic heterocycles. The Labute approximate surface area is 118 Å². The molecule has 5 nitrogen and oxygen atoms in total. The maximum absolute atomic E-state index is 5.82. The highest BCUT2D eigenvalue weighted by Gasteiger charge is 2.11. The minimum Gasteiger partial charge on any atom is -0.496 e. The molecule has 0 saturated carbocycles. The number of ether oxygens (including phenoxy) is 2. The second-order valence-electron chi connectivity index (χ2n) is 4.67. The monoisotopic (exact) mass is 273 g/mol. The van der Waals surface area contributed by atoms with Crippen LogP contribution in [0.5, 0.6) is 11.5 Å². The molecule has 2 aromatic rings. The van der Waals surface area contributed by atoms with Gasteiger partial charge in [0.2, 0.25) is 0 Å². The summed E-state index contributed by atoms with van der Waals surface area (Å²) >= 11 is 0. The molecule has 0 aliphatic carbocycles. The van der Waals surface area contributed by atoms with Crippen molar-refractivity contribution in [1.82, 2.24) is 9.97 Å². The van der Waals surface area contributed by atoms with Crippen molar-refractivity contribution in [2.45, 2.75) is 27.4 Å². The summed E-state index contributed by atoms with van der Waals surface area (Å²) in [7, 11) is 1.65. The van der Waals surface area contributed by atoms with Crippen molar-refractivity contribution in [3.05, 3.63) is 40.8 Å². The van der Waals surface area contributed by atoms with Crippen LogP contribution in [0, 0.1) is 20.8 Å². The van der Waals surface area contributed by atoms with Crippen LogP contribution in [0.15, 0.2) is 18.3 Å². The standard InChI is InChI=1S/C15H19N3O2/c1-9-7-17-12(11(3)14(9)19-4)8-20-13-6-5-10(2)18-15(13)16/h5-7H,8H2,1-4H3,(H2,16,18). The van der Waals surface area contributed by atoms with Crippen LogP contribution < -0.4 is 15.2 Å². The zero-order valence-corrected chi connectivity index (χ0v) is 12.2. The van der Waals surface area contributed by atoms with E-state index in [1.165, 1.54) is 0 Å². The lowest BCUT2D eigenvalue weighted by atomic mass is 10.1. The predicted octanol–water partition coefficient (Wildman–Crippen LogP) is 2.57. The Hall–Kier alpha value is -2.30. The molecule has 20 heavy (non-hydrogen) atoms. The van der Waals surface area contributed by atoms with Gasteiger partial charge in [-0.15, -0.1) is 0 Å². The summed E-state index contributed by atoms with van der Waals surface area (Å²) in [5.41, 5.74) is 9.49. The number of rotatable bonds is 4. The maximum Gasteiger partial charge on any atom is 0.166 e. The number of nitrogens with two attached hydrogens (primary N) is 1. The molecule has 0 amide bonds. The molecule has 2 N–H and O–H groups in total. The number of hydrogen-bond donors (Lipinski definition) is 1. The molecule has 0 saturated heterocycles. The van der Waals surface area contributed by atoms with Crippen LogP contribution >= 0.6 is 0 Å². The summed E-state index contributed by atoms with van der Waals surface area (Å²) in [5, 5.41) is 0. The van der Waals surface area contributed by atoms with Gasteiger partial charge in [-0.25, -0.2) is 4.98 Å². The summed E-state index contributed by atoms with van der Waals surface area (Å²) in [6.45, 7) is 6.15. The van der Waals surface area contributed by atoms with Crippen LogP contribution in [-0.4, -0.2) is 17.1 Å². The normalized spacial score (nSPS) is 10.4. The number of hydrogen-bond acceptors (Lipinski definition) is 5. The highest BCUT2D eigenvalue weighted by Crippen LogP contribution is 2.26. The molecule has 0 aromatic carbocycles. The molecule has 5 heteroatoms. The fourth-order valence-corrected chi connectivity index (χ4v) is 2.05. The molecule has 0 atom stereocenters. The number of methoxy groups -OCH3 is 1. The van der Waals surface area contributed by atoms with Gasteiger partial charge in [0.15, 0.2) is 11.6 Å². The second kappa shape index (κ2) is 5.77. The first-order chi connectivity index (χ1) is 9.52. The molecular formula is C15H19N3O2. The average molecular weight is 273 g/mol. The van der Waals surface area contributed by atoms with E-state index in [-0.39, 0.29) is 0 Å². The van der Waals surface area contributed by atoms with E-state index in [1.807, 2.05) is 32.9 Å². The number of aromatic nitrogens is 2. The zero-order chi connectivity index (χ0) is 14.7. The van der Waals surface area contributed by atoms with Crippen molar-refractivity contribution < 1.29 is 9.47 Å². The molecular weight excluding hydrogens is 254 g/mol. The summed E-state index contributed by atoms with van der Waals surface area (Å²) in [6.07, 6.45) is 1.78. The molecule has 0 radical (unpaired) electrons. The number of nitrogen functional groups attached to an aromatic ring is 1. The van der Waals surface area contributed by atoms with Gasteiger partial charge >= 0.3 is 0 Å². The van der Waals surface area contributed by atoms with Crippen molar-refractivity contribution >= 4 is 5.82 Å². The van der Waals surface area contributed by atoms with Crippen molar-refractivity contribution in [2.75, 3.05) is 12.8 Å². The maximum atomic E-state index is 5.82. The van der Waals surface area contributed by atoms with Crippen molar-refractivity contribution in [1.29, 1.82) is 0 Å². The van der Waals surface area contributed by atoms with Crippen LogP contribution in [0.2, 0.25) is 0 Å². The van der Waals surface area contributed by atoms with Gasteiger partial charge in [0, 0.05) is 23.0 Å². The quantitative estimate of drug-likeness (QED) is 0.927. The van der Waals surface area contributed by atoms with Gasteiger partial charge in [0.1, 0.15) is 12.4 Å². The Morgan fingerprint density at radius 3 is 2.60 bits per heavy atom. The molecule has 0 fully saturated rings. The molecule has 0 spiro atoms. The van der Waals surface area contributed by atoms with Crippen molar-refractivity contribution in [2.24, 2.45) is 0 Å². The van der Waals surface area contributed by atoms with E-state index in [2.05, 4.69) is 9.97 Å². The van der Waals surface area contributed by atoms with Gasteiger partial charge in [0.25, 0.3) is 0 Å². The van der Waals surface area contributed by atoms with E-state index < -0.39 is 0 Å². The third-order valence-electron chi connectivity index (χ3n) is 3.14. The van der Waals surface area contributed by atoms with Gasteiger partial charge < -0.3 is 15.2 Å². The van der Waals surface area contributed by atoms with Gasteiger partial charge in [-0.05, 0) is 32.9 Å². The fraction of sp³-hybridized carbons (Fsp3) is 0.333. The molecule has 0 unspecified atom stereocenters. The second-order valence-corrected chi connectivity index (χ2v) is 4.67. The lowest BCUT2D eigenvalue weighted by Gasteiger charge is -2.13. The number of aryl methyl sites for hydroxylation is 2. The van der Waals surface area contributed by atoms with E-state index in [0.717, 1.165) is 28.3 Å². The number of nitrogens with zero attached hydrogens (tertiary/aromatic N) is 2. The van der Waals surface area contributed by atoms with Crippen LogP contribution in [0.1, 0.15) is 22.5 Å². The van der Waals surface area contributed by atoms with Gasteiger partial charge in [0.05, 0.1) is 12.8 Å². The number of anilines is 1. The number of pyridine rings is 2. The van der Waals surface area contributed by atoms with E-state index in [9.17, 15) is 0 Å². The minimum atomic E-state index is 0.331. The first kappa shape index (κ1) is 14.1. The highest BCUT2D eigenvalue weighted by molar-refractivity contribution is 5.46. The molecule has 0 aliphatic rings. The Kier molecular flexibility index (Phi) is 4.08. The van der Waals surface area contributed by atoms with E-state index in [1.54, 1.807) is 13.3 Å². The lowest BCUT2D eigenvalue weighted by Crippen LogP contribution is -2.06. The molecule has 106 valence electrons. The van der Waals surface area contributed by atoms with E-state index in [0.29, 0.717) is 18.2 Å². The van der Waals surface area contributed by atoms with E-state index in [4.69, 9.17) is 15.2 Å². The van der Waals surface area contributed by atoms with Crippen LogP contribution in [-0.2, 0) is 6.61 Å². The highest BCUT2D eigenvalue weighted by atomic mass is 16.5. The van der Waals surface area contributed by atoms with E-state index >= 15 is 0 Å². The lowest BCUT2D eigenvalue weighted by molar-refractivity contribution is 0.299. The first-order valence-electron chi connectivity index (χ1n) is 6.38.